The number of hydrogen-bond donors (Lipinski definition) is 3. The predicted molar refractivity (Wildman–Crippen MR) is 83.1 cm³/mol. The van der Waals surface area contributed by atoms with Crippen LogP contribution in [0.15, 0.2) is 0 Å². The summed E-state index contributed by atoms with van der Waals surface area (Å²) in [6.07, 6.45) is 2.20. The molecule has 1 amide bonds. The Kier molecular flexibility index (Phi) is 5.33. The molecule has 2 rings (SSSR count). The highest BCUT2D eigenvalue weighted by atomic mass is 32.2. The molecule has 5 nitrogen and oxygen atoms in total. The Morgan fingerprint density at radius 1 is 1.58 bits per heavy atom. The fraction of sp³-hybridized carbons (Fsp3) is 0.667. The first-order chi connectivity index (χ1) is 9.20. The fourth-order valence-electron chi connectivity index (χ4n) is 1.86. The second-order valence-corrected chi connectivity index (χ2v) is 6.75. The van der Waals surface area contributed by atoms with Crippen LogP contribution in [-0.4, -0.2) is 35.5 Å². The molecule has 2 heterocycles. The number of nitrogens with two attached hydrogens (primary N) is 1. The molecule has 1 aromatic rings. The zero-order chi connectivity index (χ0) is 13.7. The molecule has 0 bridgehead atoms. The van der Waals surface area contributed by atoms with Crippen LogP contribution in [0, 0.1) is 5.92 Å². The van der Waals surface area contributed by atoms with Gasteiger partial charge in [0, 0.05) is 13.1 Å². The van der Waals surface area contributed by atoms with Gasteiger partial charge in [0.2, 0.25) is 0 Å². The summed E-state index contributed by atoms with van der Waals surface area (Å²) in [5.74, 6) is 3.16. The van der Waals surface area contributed by atoms with E-state index in [0.717, 1.165) is 30.4 Å². The second kappa shape index (κ2) is 7.00. The number of nitrogen functional groups attached to an aromatic ring is 1. The number of hydrogen-bond acceptors (Lipinski definition) is 6. The van der Waals surface area contributed by atoms with E-state index in [1.807, 2.05) is 11.8 Å². The van der Waals surface area contributed by atoms with Crippen LogP contribution in [0.2, 0.25) is 0 Å². The molecular weight excluding hydrogens is 280 g/mol. The first-order valence-corrected chi connectivity index (χ1v) is 8.54. The lowest BCUT2D eigenvalue weighted by atomic mass is 10.1. The van der Waals surface area contributed by atoms with Crippen LogP contribution in [0.3, 0.4) is 0 Å². The van der Waals surface area contributed by atoms with E-state index in [1.165, 1.54) is 23.5 Å². The summed E-state index contributed by atoms with van der Waals surface area (Å²) in [7, 11) is 0. The van der Waals surface area contributed by atoms with Gasteiger partial charge in [-0.15, -0.1) is 0 Å². The van der Waals surface area contributed by atoms with Gasteiger partial charge in [-0.3, -0.25) is 4.79 Å². The Hall–Kier alpha value is -0.950. The molecule has 1 aromatic heterocycles. The smallest absolute Gasteiger partial charge is 0.265 e. The number of rotatable bonds is 6. The number of thioether (sulfide) groups is 1. The van der Waals surface area contributed by atoms with Crippen molar-refractivity contribution in [2.45, 2.75) is 19.8 Å². The quantitative estimate of drug-likeness (QED) is 0.749. The van der Waals surface area contributed by atoms with Gasteiger partial charge in [-0.05, 0) is 30.3 Å². The Labute approximate surface area is 121 Å². The van der Waals surface area contributed by atoms with Crippen molar-refractivity contribution in [1.29, 1.82) is 0 Å². The Morgan fingerprint density at radius 2 is 2.42 bits per heavy atom. The van der Waals surface area contributed by atoms with Gasteiger partial charge < -0.3 is 16.4 Å². The zero-order valence-electron chi connectivity index (χ0n) is 11.1. The van der Waals surface area contributed by atoms with Crippen LogP contribution in [0.5, 0.6) is 0 Å². The van der Waals surface area contributed by atoms with E-state index in [2.05, 4.69) is 22.5 Å². The molecule has 0 aromatic carbocycles. The third-order valence-corrected chi connectivity index (χ3v) is 5.22. The van der Waals surface area contributed by atoms with Crippen molar-refractivity contribution in [3.05, 3.63) is 4.88 Å². The minimum Gasteiger partial charge on any atom is -0.382 e. The third kappa shape index (κ3) is 4.01. The summed E-state index contributed by atoms with van der Waals surface area (Å²) in [5.41, 5.74) is 5.79. The summed E-state index contributed by atoms with van der Waals surface area (Å²) in [6.45, 7) is 3.66. The summed E-state index contributed by atoms with van der Waals surface area (Å²) >= 11 is 3.28. The minimum atomic E-state index is -0.101. The van der Waals surface area contributed by atoms with E-state index in [9.17, 15) is 4.79 Å². The monoisotopic (exact) mass is 300 g/mol. The number of nitrogens with one attached hydrogen (secondary N) is 2. The predicted octanol–water partition coefficient (Wildman–Crippen LogP) is 2.03. The first kappa shape index (κ1) is 14.5. The normalized spacial score (nSPS) is 18.5. The van der Waals surface area contributed by atoms with Gasteiger partial charge in [-0.25, -0.2) is 4.98 Å². The number of thiazole rings is 1. The van der Waals surface area contributed by atoms with Crippen LogP contribution < -0.4 is 16.4 Å². The van der Waals surface area contributed by atoms with Crippen LogP contribution in [0.25, 0.3) is 0 Å². The van der Waals surface area contributed by atoms with Crippen molar-refractivity contribution in [2.24, 2.45) is 5.92 Å². The highest BCUT2D eigenvalue weighted by molar-refractivity contribution is 7.99. The molecule has 1 unspecified atom stereocenters. The lowest BCUT2D eigenvalue weighted by Gasteiger charge is -2.08. The molecule has 4 N–H and O–H groups in total. The molecule has 19 heavy (non-hydrogen) atoms. The molecular formula is C12H20N4OS2. The lowest BCUT2D eigenvalue weighted by Crippen LogP contribution is -2.29. The number of anilines is 2. The van der Waals surface area contributed by atoms with Gasteiger partial charge in [0.05, 0.1) is 0 Å². The average molecular weight is 300 g/mol. The first-order valence-electron chi connectivity index (χ1n) is 6.56. The molecule has 1 atom stereocenters. The van der Waals surface area contributed by atoms with Gasteiger partial charge in [0.25, 0.3) is 5.91 Å². The number of carbonyl (C=O) groups excluding carboxylic acids is 1. The van der Waals surface area contributed by atoms with E-state index >= 15 is 0 Å². The van der Waals surface area contributed by atoms with Crippen LogP contribution in [-0.2, 0) is 0 Å². The summed E-state index contributed by atoms with van der Waals surface area (Å²) in [6, 6.07) is 0. The van der Waals surface area contributed by atoms with Crippen LogP contribution in [0.1, 0.15) is 29.4 Å². The number of nitrogens with zero attached hydrogens (tertiary/aromatic N) is 1. The van der Waals surface area contributed by atoms with Gasteiger partial charge in [0.15, 0.2) is 5.13 Å². The standard InChI is InChI=1S/C12H20N4OS2/c1-2-4-14-12-16-10(13)9(19-12)11(17)15-6-8-3-5-18-7-8/h8H,2-7,13H2,1H3,(H,14,16)(H,15,17). The molecule has 0 saturated carbocycles. The van der Waals surface area contributed by atoms with Crippen molar-refractivity contribution in [3.8, 4) is 0 Å². The highest BCUT2D eigenvalue weighted by Crippen LogP contribution is 2.26. The SMILES string of the molecule is CCCNc1nc(N)c(C(=O)NCC2CCSC2)s1. The largest absolute Gasteiger partial charge is 0.382 e. The van der Waals surface area contributed by atoms with E-state index in [0.29, 0.717) is 16.6 Å². The molecule has 7 heteroatoms. The summed E-state index contributed by atoms with van der Waals surface area (Å²) in [4.78, 5) is 16.7. The average Bonchev–Trinajstić information content (AvgIpc) is 3.03. The molecule has 0 spiro atoms. The molecule has 1 aliphatic heterocycles. The molecule has 0 radical (unpaired) electrons. The molecule has 1 fully saturated rings. The van der Waals surface area contributed by atoms with Crippen LogP contribution in [0.4, 0.5) is 10.9 Å². The van der Waals surface area contributed by atoms with Crippen molar-refractivity contribution >= 4 is 40.0 Å². The van der Waals surface area contributed by atoms with Crippen molar-refractivity contribution in [3.63, 3.8) is 0 Å². The second-order valence-electron chi connectivity index (χ2n) is 4.60. The van der Waals surface area contributed by atoms with Gasteiger partial charge in [0.1, 0.15) is 10.7 Å². The minimum absolute atomic E-state index is 0.101. The number of aromatic nitrogens is 1. The van der Waals surface area contributed by atoms with Crippen molar-refractivity contribution < 1.29 is 4.79 Å². The van der Waals surface area contributed by atoms with Crippen molar-refractivity contribution in [2.75, 3.05) is 35.6 Å². The fourth-order valence-corrected chi connectivity index (χ4v) is 3.97. The van der Waals surface area contributed by atoms with Gasteiger partial charge in [-0.1, -0.05) is 18.3 Å². The highest BCUT2D eigenvalue weighted by Gasteiger charge is 2.19. The molecule has 0 aliphatic carbocycles. The molecule has 1 aliphatic rings. The van der Waals surface area contributed by atoms with Gasteiger partial charge in [-0.2, -0.15) is 11.8 Å². The summed E-state index contributed by atoms with van der Waals surface area (Å²) in [5, 5.41) is 6.84. The van der Waals surface area contributed by atoms with Crippen molar-refractivity contribution in [1.82, 2.24) is 10.3 Å². The third-order valence-electron chi connectivity index (χ3n) is 2.96. The zero-order valence-corrected chi connectivity index (χ0v) is 12.7. The Balaban J connectivity index is 1.88. The maximum Gasteiger partial charge on any atom is 0.265 e. The van der Waals surface area contributed by atoms with Gasteiger partial charge >= 0.3 is 0 Å². The van der Waals surface area contributed by atoms with Crippen LogP contribution >= 0.6 is 23.1 Å². The van der Waals surface area contributed by atoms with E-state index in [1.54, 1.807) is 0 Å². The summed E-state index contributed by atoms with van der Waals surface area (Å²) < 4.78 is 0. The maximum atomic E-state index is 12.1. The molecule has 1 saturated heterocycles. The van der Waals surface area contributed by atoms with E-state index < -0.39 is 0 Å². The maximum absolute atomic E-state index is 12.1. The topological polar surface area (TPSA) is 80.0 Å². The Bertz CT molecular complexity index is 429. The van der Waals surface area contributed by atoms with E-state index in [-0.39, 0.29) is 5.91 Å². The van der Waals surface area contributed by atoms with E-state index in [4.69, 9.17) is 5.73 Å². The number of carbonyl (C=O) groups is 1. The Morgan fingerprint density at radius 3 is 3.11 bits per heavy atom. The molecule has 106 valence electrons. The lowest BCUT2D eigenvalue weighted by molar-refractivity contribution is 0.0953. The number of amides is 1.